The number of likely N-dealkylation sites (N-methyl/N-ethyl adjacent to an activating group) is 1. The fourth-order valence-corrected chi connectivity index (χ4v) is 3.73. The number of nitrogens with one attached hydrogen (secondary N) is 1. The van der Waals surface area contributed by atoms with Crippen molar-refractivity contribution in [1.29, 1.82) is 0 Å². The van der Waals surface area contributed by atoms with Crippen molar-refractivity contribution in [2.24, 2.45) is 5.92 Å². The average molecular weight is 397 g/mol. The van der Waals surface area contributed by atoms with Gasteiger partial charge in [-0.05, 0) is 43.8 Å². The standard InChI is InChI=1S/C23H28FN3O2/c1-26(2)21(18-9-6-10-20(24)13-18)15-25-23(29)19-14-22(28)27(16-19)12-11-17-7-4-3-5-8-17/h3-10,13,19,21H,11-12,14-16H2,1-2H3,(H,25,29). The number of halogens is 1. The fraction of sp³-hybridized carbons (Fsp3) is 0.391. The van der Waals surface area contributed by atoms with Crippen LogP contribution in [0.1, 0.15) is 23.6 Å². The lowest BCUT2D eigenvalue weighted by Crippen LogP contribution is -2.38. The summed E-state index contributed by atoms with van der Waals surface area (Å²) in [6.07, 6.45) is 1.02. The molecule has 2 aromatic rings. The zero-order chi connectivity index (χ0) is 20.8. The SMILES string of the molecule is CN(C)C(CNC(=O)C1CC(=O)N(CCc2ccccc2)C1)c1cccc(F)c1. The second kappa shape index (κ2) is 9.65. The highest BCUT2D eigenvalue weighted by molar-refractivity contribution is 5.89. The van der Waals surface area contributed by atoms with Gasteiger partial charge in [0.1, 0.15) is 5.82 Å². The van der Waals surface area contributed by atoms with Crippen LogP contribution in [0.4, 0.5) is 4.39 Å². The molecule has 1 heterocycles. The number of hydrogen-bond acceptors (Lipinski definition) is 3. The van der Waals surface area contributed by atoms with Gasteiger partial charge in [-0.15, -0.1) is 0 Å². The molecule has 2 unspecified atom stereocenters. The summed E-state index contributed by atoms with van der Waals surface area (Å²) >= 11 is 0. The van der Waals surface area contributed by atoms with E-state index in [4.69, 9.17) is 0 Å². The van der Waals surface area contributed by atoms with Crippen LogP contribution in [0.3, 0.4) is 0 Å². The second-order valence-electron chi connectivity index (χ2n) is 7.76. The summed E-state index contributed by atoms with van der Waals surface area (Å²) in [6.45, 7) is 1.43. The summed E-state index contributed by atoms with van der Waals surface area (Å²) in [5.74, 6) is -0.732. The smallest absolute Gasteiger partial charge is 0.225 e. The molecule has 2 atom stereocenters. The summed E-state index contributed by atoms with van der Waals surface area (Å²) in [7, 11) is 3.79. The predicted octanol–water partition coefficient (Wildman–Crippen LogP) is 2.64. The van der Waals surface area contributed by atoms with Crippen LogP contribution in [-0.4, -0.2) is 55.3 Å². The lowest BCUT2D eigenvalue weighted by Gasteiger charge is -2.25. The van der Waals surface area contributed by atoms with Crippen LogP contribution in [0.2, 0.25) is 0 Å². The third-order valence-electron chi connectivity index (χ3n) is 5.42. The number of carbonyl (C=O) groups is 2. The number of rotatable bonds is 8. The van der Waals surface area contributed by atoms with E-state index in [9.17, 15) is 14.0 Å². The van der Waals surface area contributed by atoms with Crippen LogP contribution in [0.25, 0.3) is 0 Å². The Morgan fingerprint density at radius 1 is 1.21 bits per heavy atom. The molecule has 0 bridgehead atoms. The van der Waals surface area contributed by atoms with E-state index < -0.39 is 0 Å². The minimum atomic E-state index is -0.339. The molecule has 0 spiro atoms. The maximum absolute atomic E-state index is 13.6. The Hall–Kier alpha value is -2.73. The van der Waals surface area contributed by atoms with Crippen molar-refractivity contribution < 1.29 is 14.0 Å². The van der Waals surface area contributed by atoms with Gasteiger partial charge in [-0.25, -0.2) is 4.39 Å². The van der Waals surface area contributed by atoms with Gasteiger partial charge in [0.2, 0.25) is 11.8 Å². The summed E-state index contributed by atoms with van der Waals surface area (Å²) in [5, 5.41) is 2.96. The van der Waals surface area contributed by atoms with Crippen LogP contribution < -0.4 is 5.32 Å². The van der Waals surface area contributed by atoms with Crippen molar-refractivity contribution in [2.45, 2.75) is 18.9 Å². The van der Waals surface area contributed by atoms with Gasteiger partial charge in [-0.2, -0.15) is 0 Å². The molecular weight excluding hydrogens is 369 g/mol. The first kappa shape index (κ1) is 21.0. The molecule has 2 aromatic carbocycles. The van der Waals surface area contributed by atoms with Gasteiger partial charge in [-0.1, -0.05) is 42.5 Å². The van der Waals surface area contributed by atoms with E-state index >= 15 is 0 Å². The molecule has 0 aromatic heterocycles. The minimum Gasteiger partial charge on any atom is -0.354 e. The van der Waals surface area contributed by atoms with Crippen LogP contribution in [0, 0.1) is 11.7 Å². The molecule has 154 valence electrons. The van der Waals surface area contributed by atoms with E-state index in [1.54, 1.807) is 11.0 Å². The fourth-order valence-electron chi connectivity index (χ4n) is 3.73. The second-order valence-corrected chi connectivity index (χ2v) is 7.76. The monoisotopic (exact) mass is 397 g/mol. The average Bonchev–Trinajstić information content (AvgIpc) is 3.08. The van der Waals surface area contributed by atoms with Crippen molar-refractivity contribution in [1.82, 2.24) is 15.1 Å². The molecule has 0 saturated carbocycles. The summed E-state index contributed by atoms with van der Waals surface area (Å²) in [5.41, 5.74) is 1.99. The van der Waals surface area contributed by atoms with Crippen molar-refractivity contribution in [2.75, 3.05) is 33.7 Å². The van der Waals surface area contributed by atoms with E-state index in [-0.39, 0.29) is 36.0 Å². The Labute approximate surface area is 171 Å². The number of hydrogen-bond donors (Lipinski definition) is 1. The van der Waals surface area contributed by atoms with E-state index in [0.29, 0.717) is 19.6 Å². The van der Waals surface area contributed by atoms with Crippen molar-refractivity contribution in [3.05, 3.63) is 71.5 Å². The Kier molecular flexibility index (Phi) is 6.99. The summed E-state index contributed by atoms with van der Waals surface area (Å²) in [4.78, 5) is 28.7. The van der Waals surface area contributed by atoms with Gasteiger partial charge in [0.15, 0.2) is 0 Å². The molecule has 1 fully saturated rings. The normalized spacial score (nSPS) is 17.6. The van der Waals surface area contributed by atoms with Crippen LogP contribution in [0.15, 0.2) is 54.6 Å². The van der Waals surface area contributed by atoms with Gasteiger partial charge >= 0.3 is 0 Å². The van der Waals surface area contributed by atoms with Crippen molar-refractivity contribution >= 4 is 11.8 Å². The number of likely N-dealkylation sites (tertiary alicyclic amines) is 1. The van der Waals surface area contributed by atoms with Crippen molar-refractivity contribution in [3.8, 4) is 0 Å². The van der Waals surface area contributed by atoms with Crippen LogP contribution in [0.5, 0.6) is 0 Å². The molecule has 0 radical (unpaired) electrons. The number of benzene rings is 2. The van der Waals surface area contributed by atoms with Crippen LogP contribution >= 0.6 is 0 Å². The summed E-state index contributed by atoms with van der Waals surface area (Å²) < 4.78 is 13.6. The number of nitrogens with zero attached hydrogens (tertiary/aromatic N) is 2. The molecule has 3 rings (SSSR count). The Balaban J connectivity index is 1.53. The van der Waals surface area contributed by atoms with Gasteiger partial charge in [-0.3, -0.25) is 9.59 Å². The molecule has 2 amide bonds. The molecule has 29 heavy (non-hydrogen) atoms. The van der Waals surface area contributed by atoms with Gasteiger partial charge in [0.05, 0.1) is 12.0 Å². The number of carbonyl (C=O) groups excluding carboxylic acids is 2. The zero-order valence-electron chi connectivity index (χ0n) is 17.0. The van der Waals surface area contributed by atoms with Crippen LogP contribution in [-0.2, 0) is 16.0 Å². The first-order chi connectivity index (χ1) is 13.9. The summed E-state index contributed by atoms with van der Waals surface area (Å²) in [6, 6.07) is 16.3. The molecule has 1 saturated heterocycles. The third kappa shape index (κ3) is 5.64. The highest BCUT2D eigenvalue weighted by Crippen LogP contribution is 2.21. The van der Waals surface area contributed by atoms with E-state index in [1.807, 2.05) is 55.4 Å². The number of amides is 2. The molecule has 6 heteroatoms. The quantitative estimate of drug-likeness (QED) is 0.745. The first-order valence-electron chi connectivity index (χ1n) is 9.95. The van der Waals surface area contributed by atoms with Gasteiger partial charge in [0, 0.05) is 26.1 Å². The maximum Gasteiger partial charge on any atom is 0.225 e. The third-order valence-corrected chi connectivity index (χ3v) is 5.42. The molecule has 1 N–H and O–H groups in total. The Morgan fingerprint density at radius 2 is 1.97 bits per heavy atom. The first-order valence-corrected chi connectivity index (χ1v) is 9.95. The molecular formula is C23H28FN3O2. The topological polar surface area (TPSA) is 52.7 Å². The Morgan fingerprint density at radius 3 is 2.66 bits per heavy atom. The molecule has 1 aliphatic rings. The zero-order valence-corrected chi connectivity index (χ0v) is 17.0. The predicted molar refractivity (Wildman–Crippen MR) is 111 cm³/mol. The maximum atomic E-state index is 13.6. The highest BCUT2D eigenvalue weighted by atomic mass is 19.1. The molecule has 1 aliphatic heterocycles. The van der Waals surface area contributed by atoms with Gasteiger partial charge < -0.3 is 15.1 Å². The lowest BCUT2D eigenvalue weighted by atomic mass is 10.0. The highest BCUT2D eigenvalue weighted by Gasteiger charge is 2.34. The van der Waals surface area contributed by atoms with Crippen molar-refractivity contribution in [3.63, 3.8) is 0 Å². The van der Waals surface area contributed by atoms with E-state index in [2.05, 4.69) is 5.32 Å². The molecule has 5 nitrogen and oxygen atoms in total. The lowest BCUT2D eigenvalue weighted by molar-refractivity contribution is -0.129. The van der Waals surface area contributed by atoms with E-state index in [1.165, 1.54) is 17.7 Å². The largest absolute Gasteiger partial charge is 0.354 e. The minimum absolute atomic E-state index is 0.0235. The Bertz CT molecular complexity index is 841. The van der Waals surface area contributed by atoms with E-state index in [0.717, 1.165) is 12.0 Å². The van der Waals surface area contributed by atoms with Gasteiger partial charge in [0.25, 0.3) is 0 Å². The molecule has 0 aliphatic carbocycles.